The summed E-state index contributed by atoms with van der Waals surface area (Å²) in [5.74, 6) is 0.173. The summed E-state index contributed by atoms with van der Waals surface area (Å²) in [4.78, 5) is 12.3. The third-order valence-corrected chi connectivity index (χ3v) is 4.62. The number of ether oxygens (including phenoxy) is 1. The van der Waals surface area contributed by atoms with Crippen molar-refractivity contribution in [3.05, 3.63) is 65.5 Å². The number of rotatable bonds is 8. The molecule has 1 aliphatic carbocycles. The number of halogens is 2. The highest BCUT2D eigenvalue weighted by atomic mass is 35.5. The molecule has 146 valence electrons. The van der Waals surface area contributed by atoms with Gasteiger partial charge in [-0.1, -0.05) is 36.4 Å². The molecular formula is C21H26ClFN2O2. The van der Waals surface area contributed by atoms with Crippen molar-refractivity contribution in [2.24, 2.45) is 11.7 Å². The maximum absolute atomic E-state index is 14.2. The van der Waals surface area contributed by atoms with Crippen molar-refractivity contribution in [3.63, 3.8) is 0 Å². The Kier molecular flexibility index (Phi) is 7.63. The van der Waals surface area contributed by atoms with E-state index < -0.39 is 11.9 Å². The quantitative estimate of drug-likeness (QED) is 0.718. The Bertz CT molecular complexity index is 753. The molecule has 0 saturated heterocycles. The molecule has 0 heterocycles. The standard InChI is InChI=1S/C21H25FN2O2.ClH/c1-14(24-21(25)19(23)11-15-5-3-2-4-6-15)17-9-10-20(18(22)12-17)26-13-16-7-8-16;/h2-6,9-10,12,14,16,19H,7-8,11,13,23H2,1H3,(H,24,25);1H/t14?,19-;/m0./s1. The fourth-order valence-electron chi connectivity index (χ4n) is 2.76. The first kappa shape index (κ1) is 21.2. The van der Waals surface area contributed by atoms with Crippen LogP contribution in [-0.2, 0) is 11.2 Å². The number of amides is 1. The number of carbonyl (C=O) groups is 1. The van der Waals surface area contributed by atoms with Crippen LogP contribution in [0, 0.1) is 11.7 Å². The van der Waals surface area contributed by atoms with Crippen molar-refractivity contribution in [1.82, 2.24) is 5.32 Å². The van der Waals surface area contributed by atoms with E-state index in [0.717, 1.165) is 18.4 Å². The average molecular weight is 393 g/mol. The number of benzene rings is 2. The van der Waals surface area contributed by atoms with Gasteiger partial charge in [0.1, 0.15) is 0 Å². The van der Waals surface area contributed by atoms with Gasteiger partial charge in [-0.3, -0.25) is 4.79 Å². The van der Waals surface area contributed by atoms with Gasteiger partial charge in [-0.05, 0) is 55.4 Å². The molecule has 0 bridgehead atoms. The van der Waals surface area contributed by atoms with E-state index in [-0.39, 0.29) is 30.1 Å². The van der Waals surface area contributed by atoms with Crippen molar-refractivity contribution in [2.75, 3.05) is 6.61 Å². The lowest BCUT2D eigenvalue weighted by Gasteiger charge is -2.18. The summed E-state index contributed by atoms with van der Waals surface area (Å²) in [5.41, 5.74) is 7.68. The Morgan fingerprint density at radius 3 is 2.59 bits per heavy atom. The smallest absolute Gasteiger partial charge is 0.237 e. The van der Waals surface area contributed by atoms with Crippen LogP contribution in [-0.4, -0.2) is 18.6 Å². The van der Waals surface area contributed by atoms with E-state index >= 15 is 0 Å². The summed E-state index contributed by atoms with van der Waals surface area (Å²) in [5, 5.41) is 2.85. The fraction of sp³-hybridized carbons (Fsp3) is 0.381. The molecule has 3 rings (SSSR count). The van der Waals surface area contributed by atoms with Crippen molar-refractivity contribution >= 4 is 18.3 Å². The minimum Gasteiger partial charge on any atom is -0.490 e. The molecule has 0 aliphatic heterocycles. The zero-order valence-corrected chi connectivity index (χ0v) is 16.2. The Balaban J connectivity index is 0.00000261. The van der Waals surface area contributed by atoms with Gasteiger partial charge in [-0.25, -0.2) is 4.39 Å². The third-order valence-electron chi connectivity index (χ3n) is 4.62. The molecule has 0 aromatic heterocycles. The van der Waals surface area contributed by atoms with Crippen LogP contribution in [0.2, 0.25) is 0 Å². The lowest BCUT2D eigenvalue weighted by molar-refractivity contribution is -0.123. The predicted molar refractivity (Wildman–Crippen MR) is 107 cm³/mol. The molecule has 1 aliphatic rings. The van der Waals surface area contributed by atoms with E-state index in [9.17, 15) is 9.18 Å². The molecule has 4 nitrogen and oxygen atoms in total. The molecule has 27 heavy (non-hydrogen) atoms. The summed E-state index contributed by atoms with van der Waals surface area (Å²) >= 11 is 0. The van der Waals surface area contributed by atoms with Crippen molar-refractivity contribution in [2.45, 2.75) is 38.3 Å². The van der Waals surface area contributed by atoms with E-state index in [1.165, 1.54) is 6.07 Å². The minimum atomic E-state index is -0.647. The second kappa shape index (κ2) is 9.72. The molecule has 2 atom stereocenters. The summed E-state index contributed by atoms with van der Waals surface area (Å²) in [7, 11) is 0. The maximum atomic E-state index is 14.2. The lowest BCUT2D eigenvalue weighted by atomic mass is 10.0. The van der Waals surface area contributed by atoms with E-state index in [0.29, 0.717) is 24.5 Å². The zero-order chi connectivity index (χ0) is 18.5. The molecule has 1 amide bonds. The molecule has 2 aromatic carbocycles. The number of hydrogen-bond acceptors (Lipinski definition) is 3. The molecule has 0 spiro atoms. The largest absolute Gasteiger partial charge is 0.490 e. The zero-order valence-electron chi connectivity index (χ0n) is 15.4. The number of nitrogens with one attached hydrogen (secondary N) is 1. The van der Waals surface area contributed by atoms with Crippen LogP contribution in [0.1, 0.15) is 36.9 Å². The molecule has 2 aromatic rings. The van der Waals surface area contributed by atoms with Crippen molar-refractivity contribution in [3.8, 4) is 5.75 Å². The van der Waals surface area contributed by atoms with Gasteiger partial charge in [0.2, 0.25) is 5.91 Å². The topological polar surface area (TPSA) is 64.4 Å². The van der Waals surface area contributed by atoms with E-state index in [2.05, 4.69) is 5.32 Å². The molecule has 1 unspecified atom stereocenters. The minimum absolute atomic E-state index is 0. The van der Waals surface area contributed by atoms with E-state index in [1.807, 2.05) is 37.3 Å². The van der Waals surface area contributed by atoms with Crippen LogP contribution in [0.15, 0.2) is 48.5 Å². The maximum Gasteiger partial charge on any atom is 0.237 e. The highest BCUT2D eigenvalue weighted by Gasteiger charge is 2.23. The Hall–Kier alpha value is -2.11. The number of carbonyl (C=O) groups excluding carboxylic acids is 1. The van der Waals surface area contributed by atoms with Gasteiger partial charge in [-0.2, -0.15) is 0 Å². The highest BCUT2D eigenvalue weighted by Crippen LogP contribution is 2.30. The van der Waals surface area contributed by atoms with Crippen LogP contribution in [0.25, 0.3) is 0 Å². The second-order valence-electron chi connectivity index (χ2n) is 6.97. The first-order chi connectivity index (χ1) is 12.5. The van der Waals surface area contributed by atoms with Crippen molar-refractivity contribution < 1.29 is 13.9 Å². The summed E-state index contributed by atoms with van der Waals surface area (Å²) < 4.78 is 19.7. The molecule has 1 saturated carbocycles. The van der Waals surface area contributed by atoms with Gasteiger partial charge >= 0.3 is 0 Å². The average Bonchev–Trinajstić information content (AvgIpc) is 3.45. The van der Waals surface area contributed by atoms with E-state index in [4.69, 9.17) is 10.5 Å². The van der Waals surface area contributed by atoms with E-state index in [1.54, 1.807) is 12.1 Å². The van der Waals surface area contributed by atoms with Gasteiger partial charge in [-0.15, -0.1) is 12.4 Å². The Morgan fingerprint density at radius 2 is 1.96 bits per heavy atom. The Labute approximate surface area is 165 Å². The molecule has 6 heteroatoms. The molecule has 3 N–H and O–H groups in total. The third kappa shape index (κ3) is 6.22. The van der Waals surface area contributed by atoms with Crippen LogP contribution in [0.3, 0.4) is 0 Å². The lowest BCUT2D eigenvalue weighted by Crippen LogP contribution is -2.42. The number of nitrogens with two attached hydrogens (primary N) is 1. The first-order valence-corrected chi connectivity index (χ1v) is 9.05. The van der Waals surface area contributed by atoms with Gasteiger partial charge in [0.25, 0.3) is 0 Å². The van der Waals surface area contributed by atoms with Gasteiger partial charge in [0.15, 0.2) is 11.6 Å². The SMILES string of the molecule is CC(NC(=O)[C@@H](N)Cc1ccccc1)c1ccc(OCC2CC2)c(F)c1.Cl. The number of hydrogen-bond donors (Lipinski definition) is 2. The normalized spacial score (nSPS) is 15.4. The van der Waals surface area contributed by atoms with Crippen LogP contribution >= 0.6 is 12.4 Å². The molecule has 0 radical (unpaired) electrons. The van der Waals surface area contributed by atoms with Crippen molar-refractivity contribution in [1.29, 1.82) is 0 Å². The Morgan fingerprint density at radius 1 is 1.26 bits per heavy atom. The predicted octanol–water partition coefficient (Wildman–Crippen LogP) is 3.78. The van der Waals surface area contributed by atoms with Gasteiger partial charge in [0, 0.05) is 0 Å². The second-order valence-corrected chi connectivity index (χ2v) is 6.97. The summed E-state index contributed by atoms with van der Waals surface area (Å²) in [6.45, 7) is 2.38. The molecular weight excluding hydrogens is 367 g/mol. The van der Waals surface area contributed by atoms with Gasteiger partial charge < -0.3 is 15.8 Å². The summed E-state index contributed by atoms with van der Waals surface area (Å²) in [6, 6.07) is 13.5. The van der Waals surface area contributed by atoms with Crippen LogP contribution in [0.5, 0.6) is 5.75 Å². The first-order valence-electron chi connectivity index (χ1n) is 9.05. The van der Waals surface area contributed by atoms with Crippen LogP contribution in [0.4, 0.5) is 4.39 Å². The molecule has 1 fully saturated rings. The highest BCUT2D eigenvalue weighted by molar-refractivity contribution is 5.85. The summed E-state index contributed by atoms with van der Waals surface area (Å²) in [6.07, 6.45) is 2.78. The van der Waals surface area contributed by atoms with Crippen LogP contribution < -0.4 is 15.8 Å². The van der Waals surface area contributed by atoms with Gasteiger partial charge in [0.05, 0.1) is 18.7 Å². The monoisotopic (exact) mass is 392 g/mol. The fourth-order valence-corrected chi connectivity index (χ4v) is 2.76.